The molecule has 0 spiro atoms. The van der Waals surface area contributed by atoms with Crippen molar-refractivity contribution in [2.24, 2.45) is 0 Å². The SMILES string of the molecule is COCCCCCC(=O)OCCCC[C@@H](Cl)C(C)=O. The molecule has 0 radical (unpaired) electrons. The lowest BCUT2D eigenvalue weighted by Gasteiger charge is -2.06. The van der Waals surface area contributed by atoms with Gasteiger partial charge in [-0.25, -0.2) is 0 Å². The lowest BCUT2D eigenvalue weighted by Crippen LogP contribution is -2.11. The third-order valence-electron chi connectivity index (χ3n) is 2.79. The Morgan fingerprint density at radius 1 is 1.05 bits per heavy atom. The Morgan fingerprint density at radius 3 is 2.37 bits per heavy atom. The summed E-state index contributed by atoms with van der Waals surface area (Å²) in [5.74, 6) is -0.152. The van der Waals surface area contributed by atoms with Gasteiger partial charge in [-0.2, -0.15) is 0 Å². The van der Waals surface area contributed by atoms with E-state index in [1.807, 2.05) is 0 Å². The number of carbonyl (C=O) groups excluding carboxylic acids is 2. The van der Waals surface area contributed by atoms with Crippen LogP contribution in [0.3, 0.4) is 0 Å². The van der Waals surface area contributed by atoms with E-state index in [0.717, 1.165) is 38.7 Å². The minimum atomic E-state index is -0.406. The first kappa shape index (κ1) is 18.4. The smallest absolute Gasteiger partial charge is 0.305 e. The molecule has 1 atom stereocenters. The van der Waals surface area contributed by atoms with E-state index >= 15 is 0 Å². The molecule has 4 nitrogen and oxygen atoms in total. The minimum absolute atomic E-state index is 0.00489. The van der Waals surface area contributed by atoms with Crippen molar-refractivity contribution in [1.82, 2.24) is 0 Å². The summed E-state index contributed by atoms with van der Waals surface area (Å²) in [7, 11) is 1.67. The molecule has 5 heteroatoms. The standard InChI is InChI=1S/C14H25ClO4/c1-12(16)13(15)8-5-7-11-19-14(17)9-4-3-6-10-18-2/h13H,3-11H2,1-2H3/t13-/m1/s1. The first-order valence-electron chi connectivity index (χ1n) is 6.87. The first-order chi connectivity index (χ1) is 9.07. The topological polar surface area (TPSA) is 52.6 Å². The molecule has 112 valence electrons. The Balaban J connectivity index is 3.31. The maximum Gasteiger partial charge on any atom is 0.305 e. The lowest BCUT2D eigenvalue weighted by atomic mass is 10.1. The summed E-state index contributed by atoms with van der Waals surface area (Å²) in [6.45, 7) is 2.64. The Kier molecular flexibility index (Phi) is 12.0. The van der Waals surface area contributed by atoms with E-state index < -0.39 is 5.38 Å². The quantitative estimate of drug-likeness (QED) is 0.315. The fraction of sp³-hybridized carbons (Fsp3) is 0.857. The number of hydrogen-bond donors (Lipinski definition) is 0. The molecule has 0 bridgehead atoms. The highest BCUT2D eigenvalue weighted by Crippen LogP contribution is 2.09. The van der Waals surface area contributed by atoms with Gasteiger partial charge in [0.2, 0.25) is 0 Å². The molecule has 0 heterocycles. The second-order valence-electron chi connectivity index (χ2n) is 4.60. The number of methoxy groups -OCH3 is 1. The van der Waals surface area contributed by atoms with Gasteiger partial charge in [0, 0.05) is 20.1 Å². The molecule has 0 rings (SSSR count). The molecular weight excluding hydrogens is 268 g/mol. The average Bonchev–Trinajstić information content (AvgIpc) is 2.37. The van der Waals surface area contributed by atoms with Gasteiger partial charge in [0.15, 0.2) is 0 Å². The van der Waals surface area contributed by atoms with E-state index in [1.54, 1.807) is 7.11 Å². The molecule has 0 saturated carbocycles. The van der Waals surface area contributed by atoms with Crippen molar-refractivity contribution in [3.63, 3.8) is 0 Å². The van der Waals surface area contributed by atoms with Gasteiger partial charge in [0.05, 0.1) is 12.0 Å². The zero-order valence-corrected chi connectivity index (χ0v) is 12.7. The Morgan fingerprint density at radius 2 is 1.74 bits per heavy atom. The molecule has 0 fully saturated rings. The number of hydrogen-bond acceptors (Lipinski definition) is 4. The van der Waals surface area contributed by atoms with Crippen LogP contribution in [-0.4, -0.2) is 37.5 Å². The van der Waals surface area contributed by atoms with E-state index in [1.165, 1.54) is 6.92 Å². The molecule has 0 N–H and O–H groups in total. The minimum Gasteiger partial charge on any atom is -0.466 e. The number of alkyl halides is 1. The van der Waals surface area contributed by atoms with Gasteiger partial charge in [-0.1, -0.05) is 6.42 Å². The normalized spacial score (nSPS) is 12.2. The van der Waals surface area contributed by atoms with Gasteiger partial charge in [0.1, 0.15) is 5.78 Å². The van der Waals surface area contributed by atoms with Crippen molar-refractivity contribution >= 4 is 23.4 Å². The number of ketones is 1. The molecule has 0 aliphatic heterocycles. The molecule has 0 aliphatic carbocycles. The monoisotopic (exact) mass is 292 g/mol. The number of halogens is 1. The lowest BCUT2D eigenvalue weighted by molar-refractivity contribution is -0.144. The third-order valence-corrected chi connectivity index (χ3v) is 3.31. The molecule has 0 saturated heterocycles. The summed E-state index contributed by atoms with van der Waals surface area (Å²) < 4.78 is 10.0. The highest BCUT2D eigenvalue weighted by Gasteiger charge is 2.09. The van der Waals surface area contributed by atoms with Crippen LogP contribution in [-0.2, 0) is 19.1 Å². The van der Waals surface area contributed by atoms with Crippen LogP contribution in [0.5, 0.6) is 0 Å². The Labute approximate surface area is 120 Å². The number of Topliss-reactive ketones (excluding diaryl/α,β-unsaturated/α-hetero) is 1. The summed E-state index contributed by atoms with van der Waals surface area (Å²) in [5.41, 5.74) is 0. The number of carbonyl (C=O) groups is 2. The summed E-state index contributed by atoms with van der Waals surface area (Å²) in [6.07, 6.45) is 5.47. The van der Waals surface area contributed by atoms with E-state index in [0.29, 0.717) is 19.4 Å². The maximum absolute atomic E-state index is 11.3. The van der Waals surface area contributed by atoms with E-state index in [9.17, 15) is 9.59 Å². The number of rotatable bonds is 12. The predicted octanol–water partition coefficient (Wildman–Crippen LogP) is 3.10. The van der Waals surface area contributed by atoms with Crippen LogP contribution in [0.1, 0.15) is 51.9 Å². The van der Waals surface area contributed by atoms with Gasteiger partial charge < -0.3 is 9.47 Å². The van der Waals surface area contributed by atoms with Crippen molar-refractivity contribution in [3.05, 3.63) is 0 Å². The van der Waals surface area contributed by atoms with Crippen molar-refractivity contribution in [3.8, 4) is 0 Å². The van der Waals surface area contributed by atoms with Crippen LogP contribution in [0.2, 0.25) is 0 Å². The Bertz CT molecular complexity index is 256. The summed E-state index contributed by atoms with van der Waals surface area (Å²) in [6, 6.07) is 0. The summed E-state index contributed by atoms with van der Waals surface area (Å²) in [4.78, 5) is 22.2. The van der Waals surface area contributed by atoms with E-state index in [-0.39, 0.29) is 11.8 Å². The van der Waals surface area contributed by atoms with Crippen molar-refractivity contribution in [2.45, 2.75) is 57.2 Å². The van der Waals surface area contributed by atoms with Crippen LogP contribution in [0.4, 0.5) is 0 Å². The maximum atomic E-state index is 11.3. The molecule has 0 aliphatic rings. The third kappa shape index (κ3) is 12.2. The molecule has 0 aromatic rings. The molecule has 0 unspecified atom stereocenters. The highest BCUT2D eigenvalue weighted by atomic mass is 35.5. The molecule has 0 amide bonds. The molecule has 0 aromatic heterocycles. The van der Waals surface area contributed by atoms with Crippen molar-refractivity contribution in [2.75, 3.05) is 20.3 Å². The fourth-order valence-electron chi connectivity index (χ4n) is 1.58. The van der Waals surface area contributed by atoms with Gasteiger partial charge in [-0.05, 0) is 39.0 Å². The molecular formula is C14H25ClO4. The van der Waals surface area contributed by atoms with Gasteiger partial charge in [0.25, 0.3) is 0 Å². The van der Waals surface area contributed by atoms with Crippen LogP contribution < -0.4 is 0 Å². The molecule has 19 heavy (non-hydrogen) atoms. The zero-order valence-electron chi connectivity index (χ0n) is 12.0. The van der Waals surface area contributed by atoms with Gasteiger partial charge >= 0.3 is 5.97 Å². The van der Waals surface area contributed by atoms with Crippen molar-refractivity contribution < 1.29 is 19.1 Å². The number of esters is 1. The van der Waals surface area contributed by atoms with Gasteiger partial charge in [-0.15, -0.1) is 11.6 Å². The summed E-state index contributed by atoms with van der Waals surface area (Å²) >= 11 is 5.80. The molecule has 0 aromatic carbocycles. The number of ether oxygens (including phenoxy) is 2. The fourth-order valence-corrected chi connectivity index (χ4v) is 1.73. The number of unbranched alkanes of at least 4 members (excludes halogenated alkanes) is 3. The first-order valence-corrected chi connectivity index (χ1v) is 7.30. The largest absolute Gasteiger partial charge is 0.466 e. The summed E-state index contributed by atoms with van der Waals surface area (Å²) in [5, 5.41) is -0.406. The average molecular weight is 293 g/mol. The van der Waals surface area contributed by atoms with Crippen LogP contribution in [0.25, 0.3) is 0 Å². The second kappa shape index (κ2) is 12.4. The second-order valence-corrected chi connectivity index (χ2v) is 5.12. The van der Waals surface area contributed by atoms with Crippen molar-refractivity contribution in [1.29, 1.82) is 0 Å². The van der Waals surface area contributed by atoms with Crippen LogP contribution in [0.15, 0.2) is 0 Å². The van der Waals surface area contributed by atoms with Crippen LogP contribution >= 0.6 is 11.6 Å². The predicted molar refractivity (Wildman–Crippen MR) is 75.5 cm³/mol. The highest BCUT2D eigenvalue weighted by molar-refractivity contribution is 6.30. The van der Waals surface area contributed by atoms with Gasteiger partial charge in [-0.3, -0.25) is 9.59 Å². The van der Waals surface area contributed by atoms with E-state index in [2.05, 4.69) is 0 Å². The Hall–Kier alpha value is -0.610. The van der Waals surface area contributed by atoms with Crippen LogP contribution in [0, 0.1) is 0 Å². The zero-order chi connectivity index (χ0) is 14.5. The van der Waals surface area contributed by atoms with E-state index in [4.69, 9.17) is 21.1 Å².